The Morgan fingerprint density at radius 3 is 1.96 bits per heavy atom. The van der Waals surface area contributed by atoms with Gasteiger partial charge in [-0.1, -0.05) is 48.6 Å². The Morgan fingerprint density at radius 2 is 1.38 bits per heavy atom. The fourth-order valence-corrected chi connectivity index (χ4v) is 1.71. The van der Waals surface area contributed by atoms with E-state index in [0.717, 1.165) is 0 Å². The molecule has 0 heterocycles. The van der Waals surface area contributed by atoms with E-state index < -0.39 is 24.1 Å². The van der Waals surface area contributed by atoms with E-state index in [1.54, 1.807) is 48.6 Å². The van der Waals surface area contributed by atoms with Crippen molar-refractivity contribution in [3.05, 3.63) is 48.6 Å². The van der Waals surface area contributed by atoms with Gasteiger partial charge >= 0.3 is 11.9 Å². The van der Waals surface area contributed by atoms with Gasteiger partial charge in [-0.15, -0.1) is 0 Å². The average molecular weight is 338 g/mol. The molecule has 0 aromatic carbocycles. The van der Waals surface area contributed by atoms with Crippen LogP contribution in [0.3, 0.4) is 0 Å². The zero-order valence-corrected chi connectivity index (χ0v) is 13.6. The van der Waals surface area contributed by atoms with Gasteiger partial charge in [0.15, 0.2) is 0 Å². The maximum absolute atomic E-state index is 10.3. The molecule has 2 atom stereocenters. The van der Waals surface area contributed by atoms with Crippen molar-refractivity contribution in [2.75, 3.05) is 0 Å². The Bertz CT molecular complexity index is 476. The van der Waals surface area contributed by atoms with Crippen LogP contribution in [0.1, 0.15) is 38.5 Å². The number of aliphatic hydroxyl groups excluding tert-OH is 2. The van der Waals surface area contributed by atoms with E-state index in [4.69, 9.17) is 10.2 Å². The second-order valence-corrected chi connectivity index (χ2v) is 5.21. The first-order chi connectivity index (χ1) is 11.4. The molecular weight excluding hydrogens is 312 g/mol. The van der Waals surface area contributed by atoms with Gasteiger partial charge in [-0.2, -0.15) is 0 Å². The summed E-state index contributed by atoms with van der Waals surface area (Å²) in [6.07, 6.45) is 13.9. The zero-order valence-electron chi connectivity index (χ0n) is 13.6. The Balaban J connectivity index is 3.87. The molecule has 0 bridgehead atoms. The molecule has 0 aromatic heterocycles. The highest BCUT2D eigenvalue weighted by Crippen LogP contribution is 2.02. The van der Waals surface area contributed by atoms with Crippen molar-refractivity contribution in [2.45, 2.75) is 50.7 Å². The van der Waals surface area contributed by atoms with E-state index in [1.165, 1.54) is 0 Å². The Morgan fingerprint density at radius 1 is 0.792 bits per heavy atom. The summed E-state index contributed by atoms with van der Waals surface area (Å²) in [6.45, 7) is 0. The average Bonchev–Trinajstić information content (AvgIpc) is 2.49. The van der Waals surface area contributed by atoms with E-state index in [0.29, 0.717) is 25.7 Å². The van der Waals surface area contributed by atoms with Crippen molar-refractivity contribution in [3.63, 3.8) is 0 Å². The highest BCUT2D eigenvalue weighted by molar-refractivity contribution is 5.67. The summed E-state index contributed by atoms with van der Waals surface area (Å²) in [6, 6.07) is 0. The first-order valence-electron chi connectivity index (χ1n) is 7.88. The quantitative estimate of drug-likeness (QED) is 0.303. The third-order valence-electron chi connectivity index (χ3n) is 2.96. The summed E-state index contributed by atoms with van der Waals surface area (Å²) in [5, 5.41) is 36.2. The molecule has 0 rings (SSSR count). The van der Waals surface area contributed by atoms with Crippen molar-refractivity contribution in [3.8, 4) is 0 Å². The number of carboxylic acid groups (broad SMARTS) is 2. The van der Waals surface area contributed by atoms with E-state index in [9.17, 15) is 19.8 Å². The summed E-state index contributed by atoms with van der Waals surface area (Å²) in [5.41, 5.74) is 0. The van der Waals surface area contributed by atoms with E-state index in [1.807, 2.05) is 0 Å². The van der Waals surface area contributed by atoms with Crippen molar-refractivity contribution in [1.82, 2.24) is 0 Å². The number of rotatable bonds is 13. The second kappa shape index (κ2) is 14.4. The normalized spacial score (nSPS) is 14.9. The van der Waals surface area contributed by atoms with Crippen LogP contribution < -0.4 is 0 Å². The molecule has 0 saturated heterocycles. The molecule has 6 heteroatoms. The molecule has 0 amide bonds. The monoisotopic (exact) mass is 338 g/mol. The minimum atomic E-state index is -0.869. The van der Waals surface area contributed by atoms with Gasteiger partial charge in [0.25, 0.3) is 0 Å². The van der Waals surface area contributed by atoms with Crippen LogP contribution in [0.2, 0.25) is 0 Å². The van der Waals surface area contributed by atoms with Crippen LogP contribution in [0.5, 0.6) is 0 Å². The van der Waals surface area contributed by atoms with Gasteiger partial charge in [0.05, 0.1) is 12.2 Å². The lowest BCUT2D eigenvalue weighted by Gasteiger charge is -2.02. The first-order valence-corrected chi connectivity index (χ1v) is 7.88. The topological polar surface area (TPSA) is 115 Å². The van der Waals surface area contributed by atoms with Crippen LogP contribution in [0, 0.1) is 0 Å². The standard InChI is InChI=1S/C18H26O6/c19-15(11-6-3-7-13-17(21)22)9-4-1-2-5-10-16(20)12-8-14-18(23)24/h1-6,9-10,15-16,19-20H,7-8,11-14H2,(H,21,22)(H,23,24)/b2-1+,6-3-,9-4+,10-5-/t15-,16+/m0/s1. The molecule has 0 unspecified atom stereocenters. The van der Waals surface area contributed by atoms with Crippen LogP contribution in [0.25, 0.3) is 0 Å². The maximum Gasteiger partial charge on any atom is 0.303 e. The first kappa shape index (κ1) is 21.8. The third kappa shape index (κ3) is 16.2. The molecule has 0 aliphatic rings. The molecule has 4 N–H and O–H groups in total. The summed E-state index contributed by atoms with van der Waals surface area (Å²) in [5.74, 6) is -1.71. The molecule has 0 spiro atoms. The lowest BCUT2D eigenvalue weighted by Crippen LogP contribution is -2.03. The maximum atomic E-state index is 10.3. The van der Waals surface area contributed by atoms with Gasteiger partial charge in [0.1, 0.15) is 0 Å². The van der Waals surface area contributed by atoms with Gasteiger partial charge in [0.2, 0.25) is 0 Å². The SMILES string of the molecule is O=C(O)CC/C=C\C[C@@H](O)/C=C/C=C/C=C\[C@@H](O)CCCC(=O)O. The number of hydrogen-bond donors (Lipinski definition) is 4. The number of carboxylic acids is 2. The van der Waals surface area contributed by atoms with Crippen LogP contribution in [-0.2, 0) is 9.59 Å². The molecular formula is C18H26O6. The molecule has 0 fully saturated rings. The number of aliphatic carboxylic acids is 2. The molecule has 0 aromatic rings. The Labute approximate surface area is 142 Å². The van der Waals surface area contributed by atoms with E-state index in [-0.39, 0.29) is 12.8 Å². The van der Waals surface area contributed by atoms with Gasteiger partial charge < -0.3 is 20.4 Å². The smallest absolute Gasteiger partial charge is 0.303 e. The van der Waals surface area contributed by atoms with E-state index >= 15 is 0 Å². The van der Waals surface area contributed by atoms with Gasteiger partial charge in [0, 0.05) is 12.8 Å². The largest absolute Gasteiger partial charge is 0.481 e. The van der Waals surface area contributed by atoms with Gasteiger partial charge in [-0.05, 0) is 25.7 Å². The molecule has 6 nitrogen and oxygen atoms in total. The van der Waals surface area contributed by atoms with E-state index in [2.05, 4.69) is 0 Å². The molecule has 0 saturated carbocycles. The zero-order chi connectivity index (χ0) is 18.2. The van der Waals surface area contributed by atoms with Crippen molar-refractivity contribution >= 4 is 11.9 Å². The third-order valence-corrected chi connectivity index (χ3v) is 2.96. The molecule has 24 heavy (non-hydrogen) atoms. The summed E-state index contributed by atoms with van der Waals surface area (Å²) in [4.78, 5) is 20.6. The Kier molecular flexibility index (Phi) is 13.1. The number of hydrogen-bond acceptors (Lipinski definition) is 4. The number of aliphatic hydroxyl groups is 2. The summed E-state index contributed by atoms with van der Waals surface area (Å²) >= 11 is 0. The number of carbonyl (C=O) groups is 2. The molecule has 0 aliphatic heterocycles. The summed E-state index contributed by atoms with van der Waals surface area (Å²) < 4.78 is 0. The van der Waals surface area contributed by atoms with Crippen LogP contribution in [0.4, 0.5) is 0 Å². The fourth-order valence-electron chi connectivity index (χ4n) is 1.71. The van der Waals surface area contributed by atoms with Crippen molar-refractivity contribution < 1.29 is 30.0 Å². The predicted molar refractivity (Wildman–Crippen MR) is 91.5 cm³/mol. The van der Waals surface area contributed by atoms with Crippen molar-refractivity contribution in [1.29, 1.82) is 0 Å². The van der Waals surface area contributed by atoms with Crippen molar-refractivity contribution in [2.24, 2.45) is 0 Å². The second-order valence-electron chi connectivity index (χ2n) is 5.21. The van der Waals surface area contributed by atoms with Crippen LogP contribution in [0.15, 0.2) is 48.6 Å². The highest BCUT2D eigenvalue weighted by Gasteiger charge is 2.01. The Hall–Kier alpha value is -2.18. The minimum absolute atomic E-state index is 0.0477. The lowest BCUT2D eigenvalue weighted by atomic mass is 10.1. The summed E-state index contributed by atoms with van der Waals surface area (Å²) in [7, 11) is 0. The molecule has 0 radical (unpaired) electrons. The lowest BCUT2D eigenvalue weighted by molar-refractivity contribution is -0.138. The minimum Gasteiger partial charge on any atom is -0.481 e. The fraction of sp³-hybridized carbons (Fsp3) is 0.444. The van der Waals surface area contributed by atoms with Gasteiger partial charge in [-0.3, -0.25) is 9.59 Å². The number of allylic oxidation sites excluding steroid dienone is 5. The van der Waals surface area contributed by atoms with Gasteiger partial charge in [-0.25, -0.2) is 0 Å². The molecule has 0 aliphatic carbocycles. The van der Waals surface area contributed by atoms with Crippen LogP contribution in [-0.4, -0.2) is 44.6 Å². The van der Waals surface area contributed by atoms with Crippen LogP contribution >= 0.6 is 0 Å². The molecule has 134 valence electrons. The predicted octanol–water partition coefficient (Wildman–Crippen LogP) is 2.44. The highest BCUT2D eigenvalue weighted by atomic mass is 16.4.